The molecule has 2 N–H and O–H groups in total. The molecular weight excluding hydrogens is 334 g/mol. The van der Waals surface area contributed by atoms with Crippen LogP contribution in [0.2, 0.25) is 0 Å². The molecule has 0 unspecified atom stereocenters. The molecule has 0 spiro atoms. The van der Waals surface area contributed by atoms with Gasteiger partial charge in [-0.3, -0.25) is 19.7 Å². The fraction of sp³-hybridized carbons (Fsp3) is 0.158. The summed E-state index contributed by atoms with van der Waals surface area (Å²) in [6, 6.07) is 11.2. The summed E-state index contributed by atoms with van der Waals surface area (Å²) in [6.45, 7) is 3.62. The van der Waals surface area contributed by atoms with E-state index >= 15 is 0 Å². The Hall–Kier alpha value is -3.48. The molecule has 0 aromatic heterocycles. The van der Waals surface area contributed by atoms with Gasteiger partial charge >= 0.3 is 0 Å². The van der Waals surface area contributed by atoms with Crippen molar-refractivity contribution < 1.29 is 14.5 Å². The zero-order valence-corrected chi connectivity index (χ0v) is 14.5. The van der Waals surface area contributed by atoms with Crippen molar-refractivity contribution in [3.8, 4) is 0 Å². The van der Waals surface area contributed by atoms with Crippen LogP contribution < -0.4 is 10.6 Å². The van der Waals surface area contributed by atoms with E-state index in [1.54, 1.807) is 37.3 Å². The third-order valence-corrected chi connectivity index (χ3v) is 3.61. The molecular formula is C19H19N3O4. The normalized spacial score (nSPS) is 10.5. The zero-order chi connectivity index (χ0) is 19.1. The summed E-state index contributed by atoms with van der Waals surface area (Å²) >= 11 is 0. The summed E-state index contributed by atoms with van der Waals surface area (Å²) in [4.78, 5) is 33.9. The first-order valence-corrected chi connectivity index (χ1v) is 8.03. The van der Waals surface area contributed by atoms with Gasteiger partial charge in [0.1, 0.15) is 0 Å². The lowest BCUT2D eigenvalue weighted by atomic mass is 10.1. The third kappa shape index (κ3) is 5.27. The van der Waals surface area contributed by atoms with E-state index in [0.29, 0.717) is 23.4 Å². The van der Waals surface area contributed by atoms with Crippen molar-refractivity contribution >= 4 is 35.0 Å². The van der Waals surface area contributed by atoms with Crippen LogP contribution in [0.15, 0.2) is 48.5 Å². The lowest BCUT2D eigenvalue weighted by Gasteiger charge is -2.10. The fourth-order valence-corrected chi connectivity index (χ4v) is 2.17. The highest BCUT2D eigenvalue weighted by atomic mass is 16.6. The van der Waals surface area contributed by atoms with E-state index in [9.17, 15) is 19.7 Å². The van der Waals surface area contributed by atoms with Crippen molar-refractivity contribution in [2.45, 2.75) is 20.3 Å². The molecule has 0 saturated carbocycles. The average molecular weight is 353 g/mol. The predicted octanol–water partition coefficient (Wildman–Crippen LogP) is 3.90. The first kappa shape index (κ1) is 18.9. The maximum Gasteiger partial charge on any atom is 0.270 e. The van der Waals surface area contributed by atoms with Gasteiger partial charge in [-0.1, -0.05) is 25.1 Å². The average Bonchev–Trinajstić information content (AvgIpc) is 2.63. The van der Waals surface area contributed by atoms with E-state index in [-0.39, 0.29) is 17.5 Å². The number of nitro groups is 1. The lowest BCUT2D eigenvalue weighted by molar-refractivity contribution is -0.384. The van der Waals surface area contributed by atoms with Crippen LogP contribution in [0.1, 0.15) is 24.5 Å². The quantitative estimate of drug-likeness (QED) is 0.467. The number of hydrogen-bond acceptors (Lipinski definition) is 4. The summed E-state index contributed by atoms with van der Waals surface area (Å²) in [5, 5.41) is 16.2. The maximum absolute atomic E-state index is 12.1. The van der Waals surface area contributed by atoms with Gasteiger partial charge < -0.3 is 10.6 Å². The van der Waals surface area contributed by atoms with Crippen molar-refractivity contribution in [1.29, 1.82) is 0 Å². The first-order valence-electron chi connectivity index (χ1n) is 8.03. The summed E-state index contributed by atoms with van der Waals surface area (Å²) in [5.41, 5.74) is 2.57. The van der Waals surface area contributed by atoms with Crippen LogP contribution in [0.3, 0.4) is 0 Å². The molecule has 0 heterocycles. The van der Waals surface area contributed by atoms with E-state index in [2.05, 4.69) is 10.6 Å². The summed E-state index contributed by atoms with van der Waals surface area (Å²) in [7, 11) is 0. The molecule has 0 aliphatic rings. The molecule has 0 radical (unpaired) electrons. The number of aryl methyl sites for hydroxylation is 1. The second-order valence-corrected chi connectivity index (χ2v) is 5.61. The van der Waals surface area contributed by atoms with E-state index in [0.717, 1.165) is 5.56 Å². The Morgan fingerprint density at radius 3 is 2.62 bits per heavy atom. The van der Waals surface area contributed by atoms with E-state index in [4.69, 9.17) is 0 Å². The van der Waals surface area contributed by atoms with Crippen LogP contribution in [-0.2, 0) is 9.59 Å². The summed E-state index contributed by atoms with van der Waals surface area (Å²) in [6.07, 6.45) is 3.15. The SMILES string of the molecule is CCC(=O)Nc1cc(NC(=O)/C=C/c2cccc([N+](=O)[O-])c2)ccc1C. The minimum atomic E-state index is -0.490. The molecule has 0 saturated heterocycles. The van der Waals surface area contributed by atoms with Crippen LogP contribution in [-0.4, -0.2) is 16.7 Å². The molecule has 0 aliphatic carbocycles. The second kappa shape index (κ2) is 8.57. The summed E-state index contributed by atoms with van der Waals surface area (Å²) < 4.78 is 0. The van der Waals surface area contributed by atoms with E-state index in [1.807, 2.05) is 6.92 Å². The third-order valence-electron chi connectivity index (χ3n) is 3.61. The van der Waals surface area contributed by atoms with Crippen LogP contribution in [0.5, 0.6) is 0 Å². The molecule has 2 aromatic rings. The number of anilines is 2. The van der Waals surface area contributed by atoms with Gasteiger partial charge in [0.25, 0.3) is 5.69 Å². The second-order valence-electron chi connectivity index (χ2n) is 5.61. The standard InChI is InChI=1S/C19H19N3O4/c1-3-18(23)21-17-12-15(9-7-13(17)2)20-19(24)10-8-14-5-4-6-16(11-14)22(25)26/h4-12H,3H2,1-2H3,(H,20,24)(H,21,23)/b10-8+. The van der Waals surface area contributed by atoms with Gasteiger partial charge in [0.2, 0.25) is 11.8 Å². The highest BCUT2D eigenvalue weighted by Gasteiger charge is 2.06. The molecule has 2 aromatic carbocycles. The number of nitrogens with one attached hydrogen (secondary N) is 2. The Balaban J connectivity index is 2.07. The fourth-order valence-electron chi connectivity index (χ4n) is 2.17. The predicted molar refractivity (Wildman–Crippen MR) is 101 cm³/mol. The molecule has 0 aliphatic heterocycles. The molecule has 134 valence electrons. The minimum Gasteiger partial charge on any atom is -0.326 e. The van der Waals surface area contributed by atoms with Crippen LogP contribution in [0, 0.1) is 17.0 Å². The largest absolute Gasteiger partial charge is 0.326 e. The number of benzene rings is 2. The highest BCUT2D eigenvalue weighted by molar-refractivity contribution is 6.02. The van der Waals surface area contributed by atoms with Crippen molar-refractivity contribution in [1.82, 2.24) is 0 Å². The van der Waals surface area contributed by atoms with Gasteiger partial charge in [-0.15, -0.1) is 0 Å². The Bertz CT molecular complexity index is 875. The number of nitro benzene ring substituents is 1. The molecule has 0 fully saturated rings. The molecule has 0 atom stereocenters. The highest BCUT2D eigenvalue weighted by Crippen LogP contribution is 2.21. The monoisotopic (exact) mass is 353 g/mol. The number of nitrogens with zero attached hydrogens (tertiary/aromatic N) is 1. The molecule has 2 rings (SSSR count). The number of rotatable bonds is 6. The Morgan fingerprint density at radius 1 is 1.15 bits per heavy atom. The van der Waals surface area contributed by atoms with Gasteiger partial charge in [0, 0.05) is 36.0 Å². The number of carbonyl (C=O) groups is 2. The number of amides is 2. The molecule has 26 heavy (non-hydrogen) atoms. The Kier molecular flexibility index (Phi) is 6.21. The van der Waals surface area contributed by atoms with E-state index < -0.39 is 4.92 Å². The van der Waals surface area contributed by atoms with Crippen molar-refractivity contribution in [2.24, 2.45) is 0 Å². The van der Waals surface area contributed by atoms with Gasteiger partial charge in [-0.05, 0) is 36.3 Å². The van der Waals surface area contributed by atoms with Crippen LogP contribution >= 0.6 is 0 Å². The Morgan fingerprint density at radius 2 is 1.92 bits per heavy atom. The van der Waals surface area contributed by atoms with Gasteiger partial charge in [-0.25, -0.2) is 0 Å². The topological polar surface area (TPSA) is 101 Å². The summed E-state index contributed by atoms with van der Waals surface area (Å²) in [5.74, 6) is -0.490. The van der Waals surface area contributed by atoms with Gasteiger partial charge in [0.05, 0.1) is 4.92 Å². The minimum absolute atomic E-state index is 0.0394. The maximum atomic E-state index is 12.1. The number of non-ortho nitro benzene ring substituents is 1. The van der Waals surface area contributed by atoms with E-state index in [1.165, 1.54) is 24.3 Å². The van der Waals surface area contributed by atoms with Crippen LogP contribution in [0.25, 0.3) is 6.08 Å². The Labute approximate surface area is 150 Å². The van der Waals surface area contributed by atoms with Crippen LogP contribution in [0.4, 0.5) is 17.1 Å². The van der Waals surface area contributed by atoms with Crippen molar-refractivity contribution in [3.05, 3.63) is 69.8 Å². The van der Waals surface area contributed by atoms with Crippen molar-refractivity contribution in [2.75, 3.05) is 10.6 Å². The smallest absolute Gasteiger partial charge is 0.270 e. The molecule has 7 nitrogen and oxygen atoms in total. The van der Waals surface area contributed by atoms with Gasteiger partial charge in [0.15, 0.2) is 0 Å². The lowest BCUT2D eigenvalue weighted by Crippen LogP contribution is -2.12. The number of hydrogen-bond donors (Lipinski definition) is 2. The first-order chi connectivity index (χ1) is 12.4. The zero-order valence-electron chi connectivity index (χ0n) is 14.5. The number of carbonyl (C=O) groups excluding carboxylic acids is 2. The van der Waals surface area contributed by atoms with Crippen molar-refractivity contribution in [3.63, 3.8) is 0 Å². The molecule has 0 bridgehead atoms. The molecule has 2 amide bonds. The molecule has 7 heteroatoms. The van der Waals surface area contributed by atoms with Gasteiger partial charge in [-0.2, -0.15) is 0 Å².